The van der Waals surface area contributed by atoms with Crippen LogP contribution in [0.3, 0.4) is 0 Å². The van der Waals surface area contributed by atoms with Crippen LogP contribution in [0.5, 0.6) is 5.75 Å². The van der Waals surface area contributed by atoms with E-state index in [0.717, 1.165) is 30.2 Å². The van der Waals surface area contributed by atoms with Crippen LogP contribution in [-0.2, 0) is 16.1 Å². The van der Waals surface area contributed by atoms with Gasteiger partial charge in [0, 0.05) is 53.1 Å². The molecule has 1 saturated heterocycles. The fourth-order valence-corrected chi connectivity index (χ4v) is 3.52. The molecule has 1 unspecified atom stereocenters. The molecule has 0 bridgehead atoms. The number of aromatic nitrogens is 2. The number of hydrogen-bond donors (Lipinski definition) is 0. The molecule has 1 aromatic carbocycles. The maximum atomic E-state index is 12.7. The molecule has 0 spiro atoms. The zero-order valence-electron chi connectivity index (χ0n) is 18.7. The summed E-state index contributed by atoms with van der Waals surface area (Å²) in [5.41, 5.74) is 0.794. The predicted octanol–water partition coefficient (Wildman–Crippen LogP) is 2.31. The van der Waals surface area contributed by atoms with Gasteiger partial charge in [-0.2, -0.15) is 0 Å². The predicted molar refractivity (Wildman–Crippen MR) is 119 cm³/mol. The third-order valence-corrected chi connectivity index (χ3v) is 5.42. The summed E-state index contributed by atoms with van der Waals surface area (Å²) in [7, 11) is 5.62. The van der Waals surface area contributed by atoms with Crippen molar-refractivity contribution in [2.45, 2.75) is 32.2 Å². The minimum absolute atomic E-state index is 0.0144. The van der Waals surface area contributed by atoms with E-state index in [9.17, 15) is 9.59 Å². The van der Waals surface area contributed by atoms with Crippen LogP contribution < -0.4 is 9.64 Å². The van der Waals surface area contributed by atoms with E-state index in [2.05, 4.69) is 0 Å². The molecule has 2 heterocycles. The molecule has 2 amide bonds. The van der Waals surface area contributed by atoms with Gasteiger partial charge in [-0.3, -0.25) is 9.59 Å². The summed E-state index contributed by atoms with van der Waals surface area (Å²) in [5.74, 6) is 2.21. The van der Waals surface area contributed by atoms with E-state index in [-0.39, 0.29) is 24.3 Å². The molecule has 166 valence electrons. The van der Waals surface area contributed by atoms with Crippen molar-refractivity contribution in [3.63, 3.8) is 0 Å². The van der Waals surface area contributed by atoms with Crippen molar-refractivity contribution < 1.29 is 14.3 Å². The highest BCUT2D eigenvalue weighted by molar-refractivity contribution is 5.78. The van der Waals surface area contributed by atoms with Gasteiger partial charge in [0.15, 0.2) is 6.61 Å². The van der Waals surface area contributed by atoms with E-state index in [1.54, 1.807) is 11.9 Å². The van der Waals surface area contributed by atoms with Gasteiger partial charge < -0.3 is 19.4 Å². The molecule has 1 aromatic heterocycles. The van der Waals surface area contributed by atoms with Gasteiger partial charge in [0.25, 0.3) is 5.91 Å². The number of ether oxygens (including phenoxy) is 1. The van der Waals surface area contributed by atoms with Gasteiger partial charge in [-0.25, -0.2) is 9.97 Å². The number of likely N-dealkylation sites (tertiary alicyclic amines) is 1. The van der Waals surface area contributed by atoms with Gasteiger partial charge in [-0.1, -0.05) is 18.2 Å². The van der Waals surface area contributed by atoms with Crippen LogP contribution >= 0.6 is 0 Å². The molecule has 2 aromatic rings. The summed E-state index contributed by atoms with van der Waals surface area (Å²) in [6.45, 7) is 3.25. The van der Waals surface area contributed by atoms with E-state index in [0.29, 0.717) is 25.4 Å². The summed E-state index contributed by atoms with van der Waals surface area (Å²) < 4.78 is 5.63. The van der Waals surface area contributed by atoms with Crippen molar-refractivity contribution in [1.29, 1.82) is 0 Å². The fraction of sp³-hybridized carbons (Fsp3) is 0.478. The molecule has 1 fully saturated rings. The van der Waals surface area contributed by atoms with Crippen molar-refractivity contribution in [3.05, 3.63) is 47.9 Å². The quantitative estimate of drug-likeness (QED) is 0.677. The highest BCUT2D eigenvalue weighted by Gasteiger charge is 2.27. The third-order valence-electron chi connectivity index (χ3n) is 5.42. The van der Waals surface area contributed by atoms with Crippen LogP contribution in [0.1, 0.15) is 37.2 Å². The summed E-state index contributed by atoms with van der Waals surface area (Å²) >= 11 is 0. The van der Waals surface area contributed by atoms with Gasteiger partial charge in [-0.15, -0.1) is 0 Å². The molecule has 1 aliphatic heterocycles. The number of benzene rings is 1. The Morgan fingerprint density at radius 3 is 2.58 bits per heavy atom. The van der Waals surface area contributed by atoms with Crippen molar-refractivity contribution in [2.75, 3.05) is 45.7 Å². The summed E-state index contributed by atoms with van der Waals surface area (Å²) in [4.78, 5) is 39.3. The fourth-order valence-electron chi connectivity index (χ4n) is 3.52. The first-order valence-electron chi connectivity index (χ1n) is 10.6. The normalized spacial score (nSPS) is 16.0. The van der Waals surface area contributed by atoms with Crippen molar-refractivity contribution in [1.82, 2.24) is 19.8 Å². The van der Waals surface area contributed by atoms with Crippen LogP contribution in [-0.4, -0.2) is 72.4 Å². The largest absolute Gasteiger partial charge is 0.484 e. The Kier molecular flexibility index (Phi) is 7.44. The maximum Gasteiger partial charge on any atom is 0.260 e. The first kappa shape index (κ1) is 22.5. The van der Waals surface area contributed by atoms with Gasteiger partial charge in [0.2, 0.25) is 5.91 Å². The van der Waals surface area contributed by atoms with Gasteiger partial charge >= 0.3 is 0 Å². The molecule has 0 radical (unpaired) electrons. The van der Waals surface area contributed by atoms with Crippen molar-refractivity contribution >= 4 is 17.6 Å². The first-order valence-corrected chi connectivity index (χ1v) is 10.6. The number of amides is 2. The minimum atomic E-state index is -0.0335. The van der Waals surface area contributed by atoms with E-state index >= 15 is 0 Å². The van der Waals surface area contributed by atoms with Crippen LogP contribution in [0.2, 0.25) is 0 Å². The van der Waals surface area contributed by atoms with Gasteiger partial charge in [-0.05, 0) is 25.0 Å². The van der Waals surface area contributed by atoms with Crippen LogP contribution in [0.4, 0.5) is 5.82 Å². The summed E-state index contributed by atoms with van der Waals surface area (Å²) in [5, 5.41) is 0. The number of nitrogens with zero attached hydrogens (tertiary/aromatic N) is 5. The van der Waals surface area contributed by atoms with E-state index in [4.69, 9.17) is 14.7 Å². The molecule has 1 atom stereocenters. The SMILES string of the molecule is CC(=O)N(C)Cc1cc(N(C)C)nc(C2CCCN(C(=O)COc3ccccc3)C2)n1. The lowest BCUT2D eigenvalue weighted by Crippen LogP contribution is -2.42. The van der Waals surface area contributed by atoms with Crippen molar-refractivity contribution in [2.24, 2.45) is 0 Å². The highest BCUT2D eigenvalue weighted by atomic mass is 16.5. The number of rotatable bonds is 7. The second-order valence-electron chi connectivity index (χ2n) is 8.13. The van der Waals surface area contributed by atoms with Crippen LogP contribution in [0.25, 0.3) is 0 Å². The Balaban J connectivity index is 1.71. The Morgan fingerprint density at radius 1 is 1.16 bits per heavy atom. The number of anilines is 1. The Morgan fingerprint density at radius 2 is 1.90 bits per heavy atom. The van der Waals surface area contributed by atoms with Gasteiger partial charge in [0.1, 0.15) is 17.4 Å². The number of hydrogen-bond acceptors (Lipinski definition) is 6. The summed E-state index contributed by atoms with van der Waals surface area (Å²) in [6.07, 6.45) is 1.81. The lowest BCUT2D eigenvalue weighted by molar-refractivity contribution is -0.134. The molecule has 8 heteroatoms. The standard InChI is InChI=1S/C23H31N5O3/c1-17(29)27(4)15-19-13-21(26(2)3)25-23(24-19)18-9-8-12-28(14-18)22(30)16-31-20-10-6-5-7-11-20/h5-7,10-11,13,18H,8-9,12,14-16H2,1-4H3. The zero-order valence-corrected chi connectivity index (χ0v) is 18.7. The lowest BCUT2D eigenvalue weighted by Gasteiger charge is -2.32. The molecule has 1 aliphatic rings. The first-order chi connectivity index (χ1) is 14.8. The van der Waals surface area contributed by atoms with Crippen LogP contribution in [0.15, 0.2) is 36.4 Å². The number of para-hydroxylation sites is 1. The lowest BCUT2D eigenvalue weighted by atomic mass is 9.97. The highest BCUT2D eigenvalue weighted by Crippen LogP contribution is 2.26. The van der Waals surface area contributed by atoms with Crippen LogP contribution in [0, 0.1) is 0 Å². The number of carbonyl (C=O) groups excluding carboxylic acids is 2. The molecule has 8 nitrogen and oxygen atoms in total. The summed E-state index contributed by atoms with van der Waals surface area (Å²) in [6, 6.07) is 11.3. The van der Waals surface area contributed by atoms with E-state index < -0.39 is 0 Å². The Bertz CT molecular complexity index is 903. The maximum absolute atomic E-state index is 12.7. The minimum Gasteiger partial charge on any atom is -0.484 e. The molecule has 0 N–H and O–H groups in total. The molecule has 0 saturated carbocycles. The number of piperidine rings is 1. The molecular formula is C23H31N5O3. The second kappa shape index (κ2) is 10.2. The van der Waals surface area contributed by atoms with Crippen molar-refractivity contribution in [3.8, 4) is 5.75 Å². The van der Waals surface area contributed by atoms with Gasteiger partial charge in [0.05, 0.1) is 12.2 Å². The van der Waals surface area contributed by atoms with E-state index in [1.165, 1.54) is 6.92 Å². The smallest absolute Gasteiger partial charge is 0.260 e. The monoisotopic (exact) mass is 425 g/mol. The third kappa shape index (κ3) is 6.16. The molecule has 0 aliphatic carbocycles. The molecular weight excluding hydrogens is 394 g/mol. The molecule has 3 rings (SSSR count). The zero-order chi connectivity index (χ0) is 22.4. The topological polar surface area (TPSA) is 78.9 Å². The Hall–Kier alpha value is -3.16. The average molecular weight is 426 g/mol. The Labute approximate surface area is 183 Å². The number of carbonyl (C=O) groups is 2. The average Bonchev–Trinajstić information content (AvgIpc) is 2.78. The second-order valence-corrected chi connectivity index (χ2v) is 8.13. The molecule has 31 heavy (non-hydrogen) atoms. The van der Waals surface area contributed by atoms with E-state index in [1.807, 2.05) is 60.3 Å².